The molecule has 0 amide bonds. The Kier molecular flexibility index (Phi) is 6.26. The van der Waals surface area contributed by atoms with Gasteiger partial charge in [-0.1, -0.05) is 0 Å². The Morgan fingerprint density at radius 2 is 1.70 bits per heavy atom. The molecule has 0 heterocycles. The number of rotatable bonds is 6. The van der Waals surface area contributed by atoms with Crippen molar-refractivity contribution in [3.8, 4) is 0 Å². The highest BCUT2D eigenvalue weighted by Crippen LogP contribution is 2.38. The molecule has 0 aliphatic heterocycles. The van der Waals surface area contributed by atoms with Gasteiger partial charge in [0.15, 0.2) is 0 Å². The summed E-state index contributed by atoms with van der Waals surface area (Å²) in [6.07, 6.45) is -3.07. The Morgan fingerprint density at radius 1 is 1.15 bits per heavy atom. The van der Waals surface area contributed by atoms with E-state index in [2.05, 4.69) is 0 Å². The third-order valence-electron chi connectivity index (χ3n) is 3.85. The molecule has 7 heteroatoms. The molecule has 0 saturated heterocycles. The van der Waals surface area contributed by atoms with Crippen LogP contribution in [0.5, 0.6) is 0 Å². The fourth-order valence-corrected chi connectivity index (χ4v) is 2.66. The van der Waals surface area contributed by atoms with Gasteiger partial charge in [-0.25, -0.2) is 0 Å². The molecule has 118 valence electrons. The van der Waals surface area contributed by atoms with E-state index >= 15 is 0 Å². The first kappa shape index (κ1) is 17.2. The van der Waals surface area contributed by atoms with Gasteiger partial charge in [-0.2, -0.15) is 13.2 Å². The number of hydrogen-bond acceptors (Lipinski definition) is 3. The van der Waals surface area contributed by atoms with Crippen LogP contribution in [0.25, 0.3) is 0 Å². The van der Waals surface area contributed by atoms with E-state index in [9.17, 15) is 18.0 Å². The van der Waals surface area contributed by atoms with Gasteiger partial charge in [-0.15, -0.1) is 0 Å². The predicted molar refractivity (Wildman–Crippen MR) is 69.6 cm³/mol. The number of carbonyl (C=O) groups is 1. The number of carboxylic acid groups (broad SMARTS) is 1. The van der Waals surface area contributed by atoms with Gasteiger partial charge in [0.2, 0.25) is 0 Å². The molecule has 0 aromatic heterocycles. The highest BCUT2D eigenvalue weighted by molar-refractivity contribution is 5.69. The van der Waals surface area contributed by atoms with Crippen LogP contribution >= 0.6 is 0 Å². The molecule has 1 rings (SSSR count). The molecule has 1 N–H and O–H groups in total. The maximum Gasteiger partial charge on any atom is 0.391 e. The molecule has 0 aromatic rings. The number of nitrogens with zero attached hydrogens (tertiary/aromatic N) is 2. The van der Waals surface area contributed by atoms with E-state index in [4.69, 9.17) is 5.11 Å². The normalized spacial score (nSPS) is 24.4. The number of alkyl halides is 3. The number of halogens is 3. The van der Waals surface area contributed by atoms with E-state index in [0.717, 1.165) is 0 Å². The maximum atomic E-state index is 12.6. The molecule has 20 heavy (non-hydrogen) atoms. The maximum absolute atomic E-state index is 12.6. The molecule has 0 radical (unpaired) electrons. The zero-order valence-corrected chi connectivity index (χ0v) is 12.0. The van der Waals surface area contributed by atoms with E-state index < -0.39 is 18.1 Å². The third-order valence-corrected chi connectivity index (χ3v) is 3.85. The SMILES string of the molecule is CN(C)CCN(CC(=O)O)C1CCC(C(F)(F)F)CC1. The molecule has 1 aliphatic carbocycles. The van der Waals surface area contributed by atoms with Gasteiger partial charge in [0.25, 0.3) is 0 Å². The van der Waals surface area contributed by atoms with Crippen LogP contribution in [0, 0.1) is 5.92 Å². The van der Waals surface area contributed by atoms with E-state index in [1.807, 2.05) is 19.0 Å². The lowest BCUT2D eigenvalue weighted by Crippen LogP contribution is -2.45. The lowest BCUT2D eigenvalue weighted by Gasteiger charge is -2.37. The van der Waals surface area contributed by atoms with E-state index in [0.29, 0.717) is 25.9 Å². The molecule has 1 saturated carbocycles. The highest BCUT2D eigenvalue weighted by Gasteiger charge is 2.42. The van der Waals surface area contributed by atoms with Crippen molar-refractivity contribution in [1.29, 1.82) is 0 Å². The van der Waals surface area contributed by atoms with Crippen molar-refractivity contribution < 1.29 is 23.1 Å². The van der Waals surface area contributed by atoms with Gasteiger partial charge in [0.05, 0.1) is 12.5 Å². The van der Waals surface area contributed by atoms with Crippen molar-refractivity contribution in [3.05, 3.63) is 0 Å². The molecular weight excluding hydrogens is 273 g/mol. The summed E-state index contributed by atoms with van der Waals surface area (Å²) in [5.74, 6) is -2.15. The summed E-state index contributed by atoms with van der Waals surface area (Å²) in [6, 6.07) is -0.0513. The quantitative estimate of drug-likeness (QED) is 0.815. The van der Waals surface area contributed by atoms with Gasteiger partial charge in [-0.3, -0.25) is 9.69 Å². The minimum Gasteiger partial charge on any atom is -0.480 e. The van der Waals surface area contributed by atoms with E-state index in [1.54, 1.807) is 4.90 Å². The second-order valence-corrected chi connectivity index (χ2v) is 5.71. The average molecular weight is 296 g/mol. The number of aliphatic carboxylic acids is 1. The Hall–Kier alpha value is -0.820. The fraction of sp³-hybridized carbons (Fsp3) is 0.923. The molecule has 0 spiro atoms. The first-order valence-electron chi connectivity index (χ1n) is 6.87. The van der Waals surface area contributed by atoms with Crippen LogP contribution in [-0.4, -0.2) is 66.8 Å². The minimum absolute atomic E-state index is 0.0513. The van der Waals surface area contributed by atoms with Crippen LogP contribution in [0.4, 0.5) is 13.2 Å². The summed E-state index contributed by atoms with van der Waals surface area (Å²) >= 11 is 0. The smallest absolute Gasteiger partial charge is 0.391 e. The predicted octanol–water partition coefficient (Wildman–Crippen LogP) is 2.06. The second-order valence-electron chi connectivity index (χ2n) is 5.71. The third kappa shape index (κ3) is 5.66. The molecule has 1 fully saturated rings. The van der Waals surface area contributed by atoms with Crippen molar-refractivity contribution in [2.75, 3.05) is 33.7 Å². The van der Waals surface area contributed by atoms with Crippen LogP contribution in [0.15, 0.2) is 0 Å². The van der Waals surface area contributed by atoms with Crippen molar-refractivity contribution >= 4 is 5.97 Å². The number of carboxylic acids is 1. The Balaban J connectivity index is 2.53. The largest absolute Gasteiger partial charge is 0.480 e. The van der Waals surface area contributed by atoms with Crippen LogP contribution < -0.4 is 0 Å². The second kappa shape index (κ2) is 7.26. The summed E-state index contributed by atoms with van der Waals surface area (Å²) in [5.41, 5.74) is 0. The van der Waals surface area contributed by atoms with Gasteiger partial charge >= 0.3 is 12.1 Å². The molecule has 0 atom stereocenters. The molecule has 4 nitrogen and oxygen atoms in total. The van der Waals surface area contributed by atoms with Crippen molar-refractivity contribution in [2.45, 2.75) is 37.9 Å². The zero-order valence-electron chi connectivity index (χ0n) is 12.0. The number of hydrogen-bond donors (Lipinski definition) is 1. The van der Waals surface area contributed by atoms with Crippen molar-refractivity contribution in [1.82, 2.24) is 9.80 Å². The summed E-state index contributed by atoms with van der Waals surface area (Å²) < 4.78 is 37.9. The summed E-state index contributed by atoms with van der Waals surface area (Å²) in [4.78, 5) is 14.6. The molecule has 0 bridgehead atoms. The minimum atomic E-state index is -4.12. The molecule has 1 aliphatic rings. The summed E-state index contributed by atoms with van der Waals surface area (Å²) in [5, 5.41) is 8.93. The lowest BCUT2D eigenvalue weighted by molar-refractivity contribution is -0.184. The standard InChI is InChI=1S/C13H23F3N2O2/c1-17(2)7-8-18(9-12(19)20)11-5-3-10(4-6-11)13(14,15)16/h10-11H,3-9H2,1-2H3,(H,19,20). The number of likely N-dealkylation sites (N-methyl/N-ethyl adjacent to an activating group) is 1. The lowest BCUT2D eigenvalue weighted by atomic mass is 9.85. The van der Waals surface area contributed by atoms with Crippen molar-refractivity contribution in [2.24, 2.45) is 5.92 Å². The van der Waals surface area contributed by atoms with Gasteiger partial charge < -0.3 is 10.0 Å². The molecule has 0 unspecified atom stereocenters. The van der Waals surface area contributed by atoms with Crippen LogP contribution in [0.1, 0.15) is 25.7 Å². The van der Waals surface area contributed by atoms with Crippen LogP contribution in [0.2, 0.25) is 0 Å². The van der Waals surface area contributed by atoms with Gasteiger partial charge in [0.1, 0.15) is 0 Å². The van der Waals surface area contributed by atoms with Gasteiger partial charge in [0, 0.05) is 19.1 Å². The molecule has 0 aromatic carbocycles. The summed E-state index contributed by atoms with van der Waals surface area (Å²) in [6.45, 7) is 1.17. The molecular formula is C13H23F3N2O2. The zero-order chi connectivity index (χ0) is 15.3. The van der Waals surface area contributed by atoms with Crippen molar-refractivity contribution in [3.63, 3.8) is 0 Å². The Bertz CT molecular complexity index is 313. The van der Waals surface area contributed by atoms with Gasteiger partial charge in [-0.05, 0) is 39.8 Å². The Labute approximate surface area is 117 Å². The fourth-order valence-electron chi connectivity index (χ4n) is 2.66. The highest BCUT2D eigenvalue weighted by atomic mass is 19.4. The van der Waals surface area contributed by atoms with Crippen LogP contribution in [-0.2, 0) is 4.79 Å². The van der Waals surface area contributed by atoms with E-state index in [1.165, 1.54) is 0 Å². The average Bonchev–Trinajstić information content (AvgIpc) is 2.33. The Morgan fingerprint density at radius 3 is 2.10 bits per heavy atom. The summed E-state index contributed by atoms with van der Waals surface area (Å²) in [7, 11) is 3.78. The van der Waals surface area contributed by atoms with E-state index in [-0.39, 0.29) is 25.4 Å². The first-order valence-corrected chi connectivity index (χ1v) is 6.87. The monoisotopic (exact) mass is 296 g/mol. The van der Waals surface area contributed by atoms with Crippen LogP contribution in [0.3, 0.4) is 0 Å². The topological polar surface area (TPSA) is 43.8 Å². The first-order chi connectivity index (χ1) is 9.20.